The number of hydrogen-bond donors (Lipinski definition) is 3. The number of benzene rings is 1. The summed E-state index contributed by atoms with van der Waals surface area (Å²) in [5, 5.41) is 21.7. The normalized spacial score (nSPS) is 23.6. The van der Waals surface area contributed by atoms with Gasteiger partial charge in [0.15, 0.2) is 0 Å². The molecule has 3 rings (SSSR count). The first kappa shape index (κ1) is 16.6. The van der Waals surface area contributed by atoms with E-state index in [0.29, 0.717) is 24.4 Å². The molecule has 2 amide bonds. The molecule has 24 heavy (non-hydrogen) atoms. The number of aliphatic hydroxyl groups excluding tert-OH is 1. The third kappa shape index (κ3) is 4.17. The minimum Gasteiger partial charge on any atom is -0.493 e. The number of β-amino-alcohol motifs (C(OH)–C–C–N with tert-alkyl or cyclic N) is 1. The molecule has 7 nitrogen and oxygen atoms in total. The van der Waals surface area contributed by atoms with Crippen molar-refractivity contribution in [1.29, 1.82) is 0 Å². The quantitative estimate of drug-likeness (QED) is 0.754. The lowest BCUT2D eigenvalue weighted by atomic mass is 10.0. The fourth-order valence-electron chi connectivity index (χ4n) is 2.73. The van der Waals surface area contributed by atoms with E-state index < -0.39 is 18.2 Å². The number of carbonyl (C=O) groups is 2. The zero-order valence-corrected chi connectivity index (χ0v) is 13.4. The van der Waals surface area contributed by atoms with Crippen molar-refractivity contribution in [2.24, 2.45) is 5.92 Å². The predicted octanol–water partition coefficient (Wildman–Crippen LogP) is 1.32. The topological polar surface area (TPSA) is 99.1 Å². The van der Waals surface area contributed by atoms with Gasteiger partial charge >= 0.3 is 6.09 Å². The highest BCUT2D eigenvalue weighted by Crippen LogP contribution is 2.29. The van der Waals surface area contributed by atoms with Crippen molar-refractivity contribution in [1.82, 2.24) is 10.2 Å². The third-order valence-electron chi connectivity index (χ3n) is 4.47. The first-order valence-electron chi connectivity index (χ1n) is 8.22. The Balaban J connectivity index is 1.51. The molecule has 1 saturated heterocycles. The van der Waals surface area contributed by atoms with E-state index in [1.165, 1.54) is 12.8 Å². The molecule has 1 aliphatic heterocycles. The van der Waals surface area contributed by atoms with E-state index in [2.05, 4.69) is 5.32 Å². The molecule has 3 N–H and O–H groups in total. The average molecular weight is 334 g/mol. The Kier molecular flexibility index (Phi) is 4.89. The minimum atomic E-state index is -1.05. The number of rotatable bonds is 5. The Morgan fingerprint density at radius 3 is 2.50 bits per heavy atom. The maximum absolute atomic E-state index is 12.3. The van der Waals surface area contributed by atoms with Crippen molar-refractivity contribution in [3.8, 4) is 5.75 Å². The van der Waals surface area contributed by atoms with Crippen LogP contribution in [0.2, 0.25) is 0 Å². The van der Waals surface area contributed by atoms with E-state index in [1.54, 1.807) is 24.3 Å². The summed E-state index contributed by atoms with van der Waals surface area (Å²) >= 11 is 0. The molecule has 2 atom stereocenters. The first-order chi connectivity index (χ1) is 11.5. The molecular formula is C17H22N2O5. The molecular weight excluding hydrogens is 312 g/mol. The predicted molar refractivity (Wildman–Crippen MR) is 86.1 cm³/mol. The molecule has 1 saturated carbocycles. The molecule has 0 bridgehead atoms. The Bertz CT molecular complexity index is 600. The zero-order chi connectivity index (χ0) is 17.1. The second-order valence-electron chi connectivity index (χ2n) is 6.44. The maximum Gasteiger partial charge on any atom is 0.407 e. The lowest BCUT2D eigenvalue weighted by molar-refractivity contribution is 0.0392. The van der Waals surface area contributed by atoms with Gasteiger partial charge in [0, 0.05) is 12.1 Å². The van der Waals surface area contributed by atoms with Gasteiger partial charge in [0.25, 0.3) is 5.91 Å². The van der Waals surface area contributed by atoms with Gasteiger partial charge in [-0.1, -0.05) is 0 Å². The van der Waals surface area contributed by atoms with Crippen molar-refractivity contribution in [3.05, 3.63) is 29.8 Å². The van der Waals surface area contributed by atoms with Crippen molar-refractivity contribution in [2.45, 2.75) is 31.4 Å². The van der Waals surface area contributed by atoms with E-state index in [1.807, 2.05) is 0 Å². The highest BCUT2D eigenvalue weighted by atomic mass is 16.5. The average Bonchev–Trinajstić information content (AvgIpc) is 3.39. The number of piperidine rings is 1. The summed E-state index contributed by atoms with van der Waals surface area (Å²) in [5.41, 5.74) is 0.488. The Hall–Kier alpha value is -2.28. The molecule has 1 aliphatic carbocycles. The van der Waals surface area contributed by atoms with E-state index in [4.69, 9.17) is 9.84 Å². The van der Waals surface area contributed by atoms with Gasteiger partial charge in [-0.2, -0.15) is 0 Å². The third-order valence-corrected chi connectivity index (χ3v) is 4.47. The number of carbonyl (C=O) groups excluding carboxylic acids is 1. The molecule has 130 valence electrons. The maximum atomic E-state index is 12.3. The summed E-state index contributed by atoms with van der Waals surface area (Å²) in [4.78, 5) is 24.3. The van der Waals surface area contributed by atoms with Crippen LogP contribution in [0.1, 0.15) is 29.6 Å². The van der Waals surface area contributed by atoms with Crippen LogP contribution in [0.4, 0.5) is 4.79 Å². The smallest absolute Gasteiger partial charge is 0.407 e. The lowest BCUT2D eigenvalue weighted by Gasteiger charge is -2.34. The van der Waals surface area contributed by atoms with Gasteiger partial charge in [-0.25, -0.2) is 4.79 Å². The second kappa shape index (κ2) is 7.09. The standard InChI is InChI=1S/C17H22N2O5/c20-15-9-19(17(22)23)8-7-14(15)18-16(21)12-3-5-13(6-4-12)24-10-11-1-2-11/h3-6,11,14-15,20H,1-2,7-10H2,(H,18,21)(H,22,23). The number of nitrogens with zero attached hydrogens (tertiary/aromatic N) is 1. The Morgan fingerprint density at radius 2 is 1.92 bits per heavy atom. The van der Waals surface area contributed by atoms with Gasteiger partial charge in [0.05, 0.1) is 25.3 Å². The molecule has 0 radical (unpaired) electrons. The molecule has 0 spiro atoms. The van der Waals surface area contributed by atoms with Crippen LogP contribution in [-0.2, 0) is 0 Å². The molecule has 1 heterocycles. The van der Waals surface area contributed by atoms with Gasteiger partial charge in [-0.05, 0) is 49.4 Å². The zero-order valence-electron chi connectivity index (χ0n) is 13.4. The molecule has 0 aromatic heterocycles. The SMILES string of the molecule is O=C(NC1CCN(C(=O)O)CC1O)c1ccc(OCC2CC2)cc1. The Morgan fingerprint density at radius 1 is 1.21 bits per heavy atom. The fourth-order valence-corrected chi connectivity index (χ4v) is 2.73. The van der Waals surface area contributed by atoms with Crippen molar-refractivity contribution in [3.63, 3.8) is 0 Å². The molecule has 7 heteroatoms. The van der Waals surface area contributed by atoms with Gasteiger partial charge in [0.1, 0.15) is 5.75 Å². The van der Waals surface area contributed by atoms with Crippen LogP contribution in [0.3, 0.4) is 0 Å². The van der Waals surface area contributed by atoms with Crippen LogP contribution in [-0.4, -0.2) is 59.0 Å². The van der Waals surface area contributed by atoms with Gasteiger partial charge in [0.2, 0.25) is 0 Å². The number of aliphatic hydroxyl groups is 1. The number of ether oxygens (including phenoxy) is 1. The number of hydrogen-bond acceptors (Lipinski definition) is 4. The fraction of sp³-hybridized carbons (Fsp3) is 0.529. The van der Waals surface area contributed by atoms with Crippen LogP contribution in [0, 0.1) is 5.92 Å². The Labute approximate surface area is 140 Å². The highest BCUT2D eigenvalue weighted by molar-refractivity contribution is 5.94. The summed E-state index contributed by atoms with van der Waals surface area (Å²) in [6.45, 7) is 1.03. The number of likely N-dealkylation sites (tertiary alicyclic amines) is 1. The summed E-state index contributed by atoms with van der Waals surface area (Å²) in [7, 11) is 0. The van der Waals surface area contributed by atoms with Crippen molar-refractivity contribution < 1.29 is 24.5 Å². The van der Waals surface area contributed by atoms with E-state index in [9.17, 15) is 14.7 Å². The van der Waals surface area contributed by atoms with Crippen LogP contribution < -0.4 is 10.1 Å². The van der Waals surface area contributed by atoms with Gasteiger partial charge in [-0.15, -0.1) is 0 Å². The van der Waals surface area contributed by atoms with Crippen LogP contribution >= 0.6 is 0 Å². The molecule has 2 aliphatic rings. The molecule has 2 unspecified atom stereocenters. The first-order valence-corrected chi connectivity index (χ1v) is 8.22. The lowest BCUT2D eigenvalue weighted by Crippen LogP contribution is -2.55. The van der Waals surface area contributed by atoms with Crippen LogP contribution in [0.5, 0.6) is 5.75 Å². The molecule has 1 aromatic carbocycles. The number of amides is 2. The molecule has 2 fully saturated rings. The van der Waals surface area contributed by atoms with E-state index >= 15 is 0 Å². The highest BCUT2D eigenvalue weighted by Gasteiger charge is 2.31. The van der Waals surface area contributed by atoms with Crippen LogP contribution in [0.15, 0.2) is 24.3 Å². The monoisotopic (exact) mass is 334 g/mol. The minimum absolute atomic E-state index is 0.00816. The van der Waals surface area contributed by atoms with E-state index in [-0.39, 0.29) is 12.5 Å². The van der Waals surface area contributed by atoms with Gasteiger partial charge < -0.3 is 25.2 Å². The summed E-state index contributed by atoms with van der Waals surface area (Å²) < 4.78 is 5.63. The van der Waals surface area contributed by atoms with Gasteiger partial charge in [-0.3, -0.25) is 4.79 Å². The van der Waals surface area contributed by atoms with E-state index in [0.717, 1.165) is 17.3 Å². The van der Waals surface area contributed by atoms with Crippen molar-refractivity contribution >= 4 is 12.0 Å². The van der Waals surface area contributed by atoms with Crippen molar-refractivity contribution in [2.75, 3.05) is 19.7 Å². The van der Waals surface area contributed by atoms with Crippen LogP contribution in [0.25, 0.3) is 0 Å². The largest absolute Gasteiger partial charge is 0.493 e. The summed E-state index contributed by atoms with van der Waals surface area (Å²) in [5.74, 6) is 1.14. The molecule has 1 aromatic rings. The second-order valence-corrected chi connectivity index (χ2v) is 6.44. The summed E-state index contributed by atoms with van der Waals surface area (Å²) in [6, 6.07) is 6.47. The number of nitrogens with one attached hydrogen (secondary N) is 1. The summed E-state index contributed by atoms with van der Waals surface area (Å²) in [6.07, 6.45) is 0.884. The number of carboxylic acid groups (broad SMARTS) is 1.